The largest absolute Gasteiger partial charge is 0.493 e. The summed E-state index contributed by atoms with van der Waals surface area (Å²) in [6.07, 6.45) is 3.22. The van der Waals surface area contributed by atoms with E-state index in [4.69, 9.17) is 9.47 Å². The molecule has 1 aromatic heterocycles. The first-order chi connectivity index (χ1) is 13.2. The first-order valence-corrected chi connectivity index (χ1v) is 8.02. The third-order valence-corrected chi connectivity index (χ3v) is 3.54. The van der Waals surface area contributed by atoms with Crippen LogP contribution in [0.4, 0.5) is 10.2 Å². The number of pyridine rings is 1. The molecule has 136 valence electrons. The topological polar surface area (TPSA) is 72.8 Å². The van der Waals surface area contributed by atoms with E-state index in [0.29, 0.717) is 17.1 Å². The summed E-state index contributed by atoms with van der Waals surface area (Å²) in [6.45, 7) is 0. The minimum Gasteiger partial charge on any atom is -0.493 e. The minimum atomic E-state index is -0.801. The van der Waals surface area contributed by atoms with E-state index in [-0.39, 0.29) is 11.3 Å². The number of hydrogen-bond donors (Lipinski definition) is 1. The fraction of sp³-hybridized carbons (Fsp3) is 0.0500. The van der Waals surface area contributed by atoms with Crippen molar-refractivity contribution < 1.29 is 18.7 Å². The number of aromatic nitrogens is 1. The Morgan fingerprint density at radius 2 is 1.93 bits per heavy atom. The van der Waals surface area contributed by atoms with Crippen LogP contribution in [0.1, 0.15) is 15.9 Å². The van der Waals surface area contributed by atoms with Crippen molar-refractivity contribution in [2.75, 3.05) is 12.5 Å². The van der Waals surface area contributed by atoms with Gasteiger partial charge in [0.25, 0.3) is 0 Å². The molecule has 0 atom stereocenters. The molecule has 0 bridgehead atoms. The van der Waals surface area contributed by atoms with Crippen LogP contribution in [0.15, 0.2) is 72.0 Å². The van der Waals surface area contributed by atoms with Gasteiger partial charge in [-0.05, 0) is 48.0 Å². The molecule has 0 amide bonds. The number of benzene rings is 2. The molecule has 0 aliphatic heterocycles. The van der Waals surface area contributed by atoms with E-state index in [9.17, 15) is 9.18 Å². The Balaban J connectivity index is 1.72. The van der Waals surface area contributed by atoms with Gasteiger partial charge in [0.05, 0.1) is 18.9 Å². The number of hydrogen-bond acceptors (Lipinski definition) is 6. The quantitative estimate of drug-likeness (QED) is 0.310. The first kappa shape index (κ1) is 18.1. The van der Waals surface area contributed by atoms with Crippen molar-refractivity contribution in [3.05, 3.63) is 83.8 Å². The Morgan fingerprint density at radius 3 is 2.67 bits per heavy atom. The summed E-state index contributed by atoms with van der Waals surface area (Å²) in [5.74, 6) is -0.339. The standard InChI is InChI=1S/C20H16FN3O3/c1-26-18-12-14(13-23-24-19-8-4-5-11-22-19)9-10-17(18)27-20(25)15-6-2-3-7-16(15)21/h2-13H,1H3,(H,22,24)/b23-13+. The number of carbonyl (C=O) groups is 1. The molecule has 2 aromatic carbocycles. The zero-order valence-electron chi connectivity index (χ0n) is 14.4. The van der Waals surface area contributed by atoms with Gasteiger partial charge in [-0.15, -0.1) is 0 Å². The van der Waals surface area contributed by atoms with Crippen molar-refractivity contribution in [2.24, 2.45) is 5.10 Å². The monoisotopic (exact) mass is 365 g/mol. The van der Waals surface area contributed by atoms with E-state index >= 15 is 0 Å². The van der Waals surface area contributed by atoms with Crippen LogP contribution in [0.25, 0.3) is 0 Å². The molecule has 27 heavy (non-hydrogen) atoms. The number of rotatable bonds is 6. The highest BCUT2D eigenvalue weighted by molar-refractivity contribution is 5.92. The predicted octanol–water partition coefficient (Wildman–Crippen LogP) is 3.89. The Bertz CT molecular complexity index is 962. The molecule has 3 aromatic rings. The van der Waals surface area contributed by atoms with Gasteiger partial charge in [0.1, 0.15) is 11.6 Å². The van der Waals surface area contributed by atoms with E-state index in [1.54, 1.807) is 48.8 Å². The van der Waals surface area contributed by atoms with Crippen molar-refractivity contribution >= 4 is 18.0 Å². The number of hydrazone groups is 1. The third kappa shape index (κ3) is 4.66. The summed E-state index contributed by atoms with van der Waals surface area (Å²) < 4.78 is 24.2. The van der Waals surface area contributed by atoms with E-state index in [2.05, 4.69) is 15.5 Å². The van der Waals surface area contributed by atoms with Crippen molar-refractivity contribution in [1.82, 2.24) is 4.98 Å². The molecule has 0 radical (unpaired) electrons. The first-order valence-electron chi connectivity index (χ1n) is 8.02. The van der Waals surface area contributed by atoms with E-state index in [0.717, 1.165) is 0 Å². The van der Waals surface area contributed by atoms with Crippen LogP contribution in [0.2, 0.25) is 0 Å². The molecule has 0 aliphatic carbocycles. The van der Waals surface area contributed by atoms with Crippen LogP contribution < -0.4 is 14.9 Å². The number of esters is 1. The highest BCUT2D eigenvalue weighted by Gasteiger charge is 2.16. The van der Waals surface area contributed by atoms with Gasteiger partial charge in [-0.3, -0.25) is 5.43 Å². The third-order valence-electron chi connectivity index (χ3n) is 3.54. The van der Waals surface area contributed by atoms with Crippen molar-refractivity contribution in [2.45, 2.75) is 0 Å². The number of methoxy groups -OCH3 is 1. The number of carbonyl (C=O) groups excluding carboxylic acids is 1. The molecule has 3 rings (SSSR count). The Labute approximate surface area is 155 Å². The molecule has 0 aliphatic rings. The van der Waals surface area contributed by atoms with Crippen molar-refractivity contribution in [3.8, 4) is 11.5 Å². The molecular weight excluding hydrogens is 349 g/mol. The lowest BCUT2D eigenvalue weighted by Gasteiger charge is -2.10. The Hall–Kier alpha value is -3.74. The summed E-state index contributed by atoms with van der Waals surface area (Å²) in [5, 5.41) is 4.09. The average molecular weight is 365 g/mol. The lowest BCUT2D eigenvalue weighted by molar-refractivity contribution is 0.0725. The molecule has 1 N–H and O–H groups in total. The van der Waals surface area contributed by atoms with Gasteiger partial charge in [0, 0.05) is 6.20 Å². The number of anilines is 1. The summed E-state index contributed by atoms with van der Waals surface area (Å²) in [7, 11) is 1.45. The molecule has 0 fully saturated rings. The summed E-state index contributed by atoms with van der Waals surface area (Å²) in [6, 6.07) is 15.9. The van der Waals surface area contributed by atoms with Gasteiger partial charge in [0.15, 0.2) is 11.5 Å². The number of nitrogens with zero attached hydrogens (tertiary/aromatic N) is 2. The van der Waals surface area contributed by atoms with Crippen LogP contribution in [0.3, 0.4) is 0 Å². The van der Waals surface area contributed by atoms with Gasteiger partial charge in [-0.2, -0.15) is 5.10 Å². The SMILES string of the molecule is COc1cc(/C=N/Nc2ccccn2)ccc1OC(=O)c1ccccc1F. The highest BCUT2D eigenvalue weighted by atomic mass is 19.1. The minimum absolute atomic E-state index is 0.148. The molecule has 6 nitrogen and oxygen atoms in total. The van der Waals surface area contributed by atoms with E-state index in [1.165, 1.54) is 25.3 Å². The average Bonchev–Trinajstić information content (AvgIpc) is 2.70. The molecule has 1 heterocycles. The number of ether oxygens (including phenoxy) is 2. The molecule has 0 saturated heterocycles. The predicted molar refractivity (Wildman–Crippen MR) is 99.8 cm³/mol. The second kappa shape index (κ2) is 8.57. The maximum absolute atomic E-state index is 13.7. The molecule has 7 heteroatoms. The van der Waals surface area contributed by atoms with Gasteiger partial charge in [-0.25, -0.2) is 14.2 Å². The fourth-order valence-electron chi connectivity index (χ4n) is 2.23. The van der Waals surface area contributed by atoms with Gasteiger partial charge >= 0.3 is 5.97 Å². The summed E-state index contributed by atoms with van der Waals surface area (Å²) in [5.41, 5.74) is 3.36. The zero-order valence-corrected chi connectivity index (χ0v) is 14.4. The number of nitrogens with one attached hydrogen (secondary N) is 1. The zero-order chi connectivity index (χ0) is 19.1. The summed E-state index contributed by atoms with van der Waals surface area (Å²) >= 11 is 0. The Morgan fingerprint density at radius 1 is 1.11 bits per heavy atom. The second-order valence-electron chi connectivity index (χ2n) is 5.36. The van der Waals surface area contributed by atoms with Gasteiger partial charge in [-0.1, -0.05) is 18.2 Å². The lowest BCUT2D eigenvalue weighted by Crippen LogP contribution is -2.11. The maximum atomic E-state index is 13.7. The normalized spacial score (nSPS) is 10.6. The molecule has 0 unspecified atom stereocenters. The van der Waals surface area contributed by atoms with Crippen LogP contribution in [0, 0.1) is 5.82 Å². The number of halogens is 1. The van der Waals surface area contributed by atoms with Gasteiger partial charge < -0.3 is 9.47 Å². The molecular formula is C20H16FN3O3. The van der Waals surface area contributed by atoms with Crippen LogP contribution in [-0.2, 0) is 0 Å². The van der Waals surface area contributed by atoms with E-state index in [1.807, 2.05) is 6.07 Å². The van der Waals surface area contributed by atoms with Gasteiger partial charge in [0.2, 0.25) is 0 Å². The molecule has 0 spiro atoms. The summed E-state index contributed by atoms with van der Waals surface area (Å²) in [4.78, 5) is 16.2. The van der Waals surface area contributed by atoms with Crippen LogP contribution in [-0.4, -0.2) is 24.3 Å². The van der Waals surface area contributed by atoms with Crippen molar-refractivity contribution in [1.29, 1.82) is 0 Å². The van der Waals surface area contributed by atoms with Crippen LogP contribution >= 0.6 is 0 Å². The van der Waals surface area contributed by atoms with Crippen molar-refractivity contribution in [3.63, 3.8) is 0 Å². The lowest BCUT2D eigenvalue weighted by atomic mass is 10.2. The second-order valence-corrected chi connectivity index (χ2v) is 5.36. The highest BCUT2D eigenvalue weighted by Crippen LogP contribution is 2.28. The molecule has 0 saturated carbocycles. The van der Waals surface area contributed by atoms with Crippen LogP contribution in [0.5, 0.6) is 11.5 Å². The fourth-order valence-corrected chi connectivity index (χ4v) is 2.23. The smallest absolute Gasteiger partial charge is 0.346 e. The maximum Gasteiger partial charge on any atom is 0.346 e. The van der Waals surface area contributed by atoms with E-state index < -0.39 is 11.8 Å². The Kier molecular flexibility index (Phi) is 5.73.